The van der Waals surface area contributed by atoms with Gasteiger partial charge in [-0.2, -0.15) is 0 Å². The molecule has 3 N–H and O–H groups in total. The van der Waals surface area contributed by atoms with Crippen LogP contribution in [0.25, 0.3) is 0 Å². The van der Waals surface area contributed by atoms with Crippen molar-refractivity contribution in [2.45, 2.75) is 18.9 Å². The topological polar surface area (TPSA) is 94.8 Å². The Labute approximate surface area is 78.5 Å². The summed E-state index contributed by atoms with van der Waals surface area (Å²) in [5.74, 6) is -2.40. The molecule has 0 heterocycles. The van der Waals surface area contributed by atoms with Crippen molar-refractivity contribution in [1.82, 2.24) is 0 Å². The Morgan fingerprint density at radius 3 is 1.55 bits per heavy atom. The van der Waals surface area contributed by atoms with Gasteiger partial charge < -0.3 is 15.3 Å². The Kier molecular flexibility index (Phi) is 7.65. The maximum absolute atomic E-state index is 9.84. The normalized spacial score (nSPS) is 8.91. The minimum absolute atomic E-state index is 0. The molecule has 6 heteroatoms. The molecular formula is C5H8AgO5. The molecule has 0 aliphatic rings. The van der Waals surface area contributed by atoms with Gasteiger partial charge in [0, 0.05) is 22.4 Å². The standard InChI is InChI=1S/C5H8O5.Ag/c6-3(1-4(7)8)2-5(9)10;/h3,6H,1-2H2,(H,7,8)(H,9,10);. The Morgan fingerprint density at radius 1 is 1.09 bits per heavy atom. The molecule has 0 aromatic carbocycles. The minimum Gasteiger partial charge on any atom is -0.481 e. The summed E-state index contributed by atoms with van der Waals surface area (Å²) in [6, 6.07) is 0. The van der Waals surface area contributed by atoms with Crippen molar-refractivity contribution in [3.8, 4) is 0 Å². The van der Waals surface area contributed by atoms with Gasteiger partial charge in [-0.25, -0.2) is 0 Å². The zero-order valence-corrected chi connectivity index (χ0v) is 6.93. The van der Waals surface area contributed by atoms with E-state index in [1.165, 1.54) is 0 Å². The third-order valence-corrected chi connectivity index (χ3v) is 0.820. The molecule has 0 aromatic heterocycles. The summed E-state index contributed by atoms with van der Waals surface area (Å²) in [5.41, 5.74) is 0. The first-order valence-electron chi connectivity index (χ1n) is 2.64. The Balaban J connectivity index is 0. The van der Waals surface area contributed by atoms with E-state index < -0.39 is 30.9 Å². The molecular weight excluding hydrogens is 248 g/mol. The van der Waals surface area contributed by atoms with E-state index in [1.807, 2.05) is 0 Å². The predicted octanol–water partition coefficient (Wildman–Crippen LogP) is -0.706. The molecule has 0 saturated heterocycles. The Hall–Kier alpha value is -0.360. The van der Waals surface area contributed by atoms with Crippen molar-refractivity contribution >= 4 is 11.9 Å². The summed E-state index contributed by atoms with van der Waals surface area (Å²) in [6.45, 7) is 0. The number of aliphatic carboxylic acids is 2. The van der Waals surface area contributed by atoms with Crippen molar-refractivity contribution in [1.29, 1.82) is 0 Å². The first kappa shape index (κ1) is 13.2. The average molecular weight is 256 g/mol. The number of carbonyl (C=O) groups is 2. The van der Waals surface area contributed by atoms with E-state index in [1.54, 1.807) is 0 Å². The summed E-state index contributed by atoms with van der Waals surface area (Å²) in [5, 5.41) is 24.7. The minimum atomic E-state index is -1.28. The van der Waals surface area contributed by atoms with Gasteiger partial charge in [0.25, 0.3) is 0 Å². The third-order valence-electron chi connectivity index (χ3n) is 0.820. The quantitative estimate of drug-likeness (QED) is 0.578. The fraction of sp³-hybridized carbons (Fsp3) is 0.600. The number of aliphatic hydroxyl groups excluding tert-OH is 1. The number of hydrogen-bond acceptors (Lipinski definition) is 3. The summed E-state index contributed by atoms with van der Waals surface area (Å²) in [7, 11) is 0. The van der Waals surface area contributed by atoms with Crippen molar-refractivity contribution in [3.05, 3.63) is 0 Å². The van der Waals surface area contributed by atoms with Crippen LogP contribution in [-0.4, -0.2) is 33.4 Å². The molecule has 0 amide bonds. The van der Waals surface area contributed by atoms with E-state index in [9.17, 15) is 9.59 Å². The molecule has 0 spiro atoms. The average Bonchev–Trinajstić information content (AvgIpc) is 1.58. The number of carboxylic acid groups (broad SMARTS) is 2. The molecule has 0 saturated carbocycles. The maximum atomic E-state index is 9.84. The van der Waals surface area contributed by atoms with Crippen molar-refractivity contribution in [2.75, 3.05) is 0 Å². The van der Waals surface area contributed by atoms with E-state index in [2.05, 4.69) is 0 Å². The molecule has 11 heavy (non-hydrogen) atoms. The second-order valence-corrected chi connectivity index (χ2v) is 1.85. The van der Waals surface area contributed by atoms with Gasteiger partial charge in [-0.15, -0.1) is 0 Å². The summed E-state index contributed by atoms with van der Waals surface area (Å²) in [6.07, 6.45) is -2.33. The Bertz CT molecular complexity index is 130. The van der Waals surface area contributed by atoms with Crippen LogP contribution in [0.2, 0.25) is 0 Å². The SMILES string of the molecule is O=C(O)CC(O)CC(=O)O.[Ag]. The van der Waals surface area contributed by atoms with Gasteiger partial charge in [0.1, 0.15) is 0 Å². The number of aliphatic hydroxyl groups is 1. The van der Waals surface area contributed by atoms with Crippen LogP contribution in [0, 0.1) is 0 Å². The van der Waals surface area contributed by atoms with Crippen molar-refractivity contribution < 1.29 is 47.3 Å². The smallest absolute Gasteiger partial charge is 0.305 e. The number of carboxylic acids is 2. The predicted molar refractivity (Wildman–Crippen MR) is 30.5 cm³/mol. The van der Waals surface area contributed by atoms with E-state index >= 15 is 0 Å². The maximum Gasteiger partial charge on any atom is 0.305 e. The van der Waals surface area contributed by atoms with E-state index in [0.717, 1.165) is 0 Å². The van der Waals surface area contributed by atoms with Crippen molar-refractivity contribution in [3.63, 3.8) is 0 Å². The zero-order valence-electron chi connectivity index (χ0n) is 5.45. The van der Waals surface area contributed by atoms with Crippen LogP contribution in [0.3, 0.4) is 0 Å². The second kappa shape index (κ2) is 6.36. The van der Waals surface area contributed by atoms with Gasteiger partial charge in [-0.3, -0.25) is 9.59 Å². The zero-order chi connectivity index (χ0) is 8.15. The molecule has 1 radical (unpaired) electrons. The molecule has 0 fully saturated rings. The molecule has 5 nitrogen and oxygen atoms in total. The fourth-order valence-corrected chi connectivity index (χ4v) is 0.475. The number of hydrogen-bond donors (Lipinski definition) is 3. The van der Waals surface area contributed by atoms with Gasteiger partial charge in [0.2, 0.25) is 0 Å². The van der Waals surface area contributed by atoms with Gasteiger partial charge in [-0.1, -0.05) is 0 Å². The summed E-state index contributed by atoms with van der Waals surface area (Å²) >= 11 is 0. The van der Waals surface area contributed by atoms with Crippen LogP contribution in [0.15, 0.2) is 0 Å². The van der Waals surface area contributed by atoms with Gasteiger partial charge >= 0.3 is 11.9 Å². The van der Waals surface area contributed by atoms with E-state index in [4.69, 9.17) is 15.3 Å². The largest absolute Gasteiger partial charge is 0.481 e. The first-order valence-corrected chi connectivity index (χ1v) is 2.64. The molecule has 0 aromatic rings. The van der Waals surface area contributed by atoms with Gasteiger partial charge in [-0.05, 0) is 0 Å². The summed E-state index contributed by atoms with van der Waals surface area (Å²) in [4.78, 5) is 19.7. The molecule has 0 aliphatic carbocycles. The molecule has 0 unspecified atom stereocenters. The molecule has 0 atom stereocenters. The molecule has 0 rings (SSSR count). The van der Waals surface area contributed by atoms with Crippen molar-refractivity contribution in [2.24, 2.45) is 0 Å². The second-order valence-electron chi connectivity index (χ2n) is 1.85. The third kappa shape index (κ3) is 9.64. The van der Waals surface area contributed by atoms with Gasteiger partial charge in [0.05, 0.1) is 18.9 Å². The number of rotatable bonds is 4. The van der Waals surface area contributed by atoms with E-state index in [0.29, 0.717) is 0 Å². The summed E-state index contributed by atoms with van der Waals surface area (Å²) < 4.78 is 0. The van der Waals surface area contributed by atoms with Crippen LogP contribution in [0.4, 0.5) is 0 Å². The van der Waals surface area contributed by atoms with Crippen LogP contribution in [0.1, 0.15) is 12.8 Å². The fourth-order valence-electron chi connectivity index (χ4n) is 0.475. The first-order chi connectivity index (χ1) is 4.52. The molecule has 0 bridgehead atoms. The molecule has 69 valence electrons. The Morgan fingerprint density at radius 2 is 1.36 bits per heavy atom. The monoisotopic (exact) mass is 255 g/mol. The van der Waals surface area contributed by atoms with Crippen LogP contribution in [0.5, 0.6) is 0 Å². The molecule has 0 aliphatic heterocycles. The van der Waals surface area contributed by atoms with Crippen LogP contribution < -0.4 is 0 Å². The van der Waals surface area contributed by atoms with Gasteiger partial charge in [0.15, 0.2) is 0 Å². The van der Waals surface area contributed by atoms with Crippen LogP contribution >= 0.6 is 0 Å². The van der Waals surface area contributed by atoms with E-state index in [-0.39, 0.29) is 22.4 Å². The van der Waals surface area contributed by atoms with Crippen LogP contribution in [-0.2, 0) is 32.0 Å².